The van der Waals surface area contributed by atoms with E-state index in [9.17, 15) is 18.0 Å². The van der Waals surface area contributed by atoms with E-state index in [2.05, 4.69) is 30.2 Å². The number of pyridine rings is 1. The average Bonchev–Trinajstić information content (AvgIpc) is 2.84. The molecule has 3 aliphatic rings. The summed E-state index contributed by atoms with van der Waals surface area (Å²) >= 11 is 0. The van der Waals surface area contributed by atoms with Crippen LogP contribution in [0.2, 0.25) is 0 Å². The number of piperidine rings is 2. The summed E-state index contributed by atoms with van der Waals surface area (Å²) in [6.45, 7) is 2.42. The molecule has 5 heterocycles. The molecule has 0 radical (unpaired) electrons. The molecule has 176 valence electrons. The first kappa shape index (κ1) is 22.2. The maximum Gasteiger partial charge on any atom is 0.434 e. The third-order valence-electron chi connectivity index (χ3n) is 6.36. The summed E-state index contributed by atoms with van der Waals surface area (Å²) in [5, 5.41) is 3.20. The predicted molar refractivity (Wildman–Crippen MR) is 117 cm³/mol. The van der Waals surface area contributed by atoms with Crippen molar-refractivity contribution in [1.29, 1.82) is 0 Å². The molecule has 1 aliphatic carbocycles. The number of halogens is 3. The largest absolute Gasteiger partial charge is 0.434 e. The molecule has 34 heavy (non-hydrogen) atoms. The van der Waals surface area contributed by atoms with Crippen LogP contribution in [-0.2, 0) is 6.18 Å². The van der Waals surface area contributed by atoms with Crippen LogP contribution < -0.4 is 5.32 Å². The Morgan fingerprint density at radius 1 is 1.09 bits per heavy atom. The van der Waals surface area contributed by atoms with Crippen LogP contribution in [0.5, 0.6) is 0 Å². The molecular formula is C23H22F3N7O. The van der Waals surface area contributed by atoms with E-state index in [-0.39, 0.29) is 29.7 Å². The first-order chi connectivity index (χ1) is 16.3. The minimum Gasteiger partial charge on any atom is -0.364 e. The lowest BCUT2D eigenvalue weighted by Gasteiger charge is -2.50. The van der Waals surface area contributed by atoms with E-state index in [1.807, 2.05) is 17.9 Å². The fraction of sp³-hybridized carbons (Fsp3) is 0.391. The fourth-order valence-corrected chi connectivity index (χ4v) is 4.80. The number of hydrogen-bond acceptors (Lipinski definition) is 7. The van der Waals surface area contributed by atoms with Crippen molar-refractivity contribution in [3.63, 3.8) is 0 Å². The van der Waals surface area contributed by atoms with Crippen LogP contribution in [0.1, 0.15) is 41.1 Å². The van der Waals surface area contributed by atoms with Crippen molar-refractivity contribution in [3.8, 4) is 11.4 Å². The van der Waals surface area contributed by atoms with Crippen LogP contribution in [0.3, 0.4) is 0 Å². The topological polar surface area (TPSA) is 96.8 Å². The number of anilines is 1. The summed E-state index contributed by atoms with van der Waals surface area (Å²) in [7, 11) is 0. The maximum atomic E-state index is 13.7. The van der Waals surface area contributed by atoms with Crippen molar-refractivity contribution in [1.82, 2.24) is 29.8 Å². The second-order valence-corrected chi connectivity index (χ2v) is 8.66. The number of amides is 1. The number of rotatable bonds is 4. The fourth-order valence-electron chi connectivity index (χ4n) is 4.80. The molecule has 3 unspecified atom stereocenters. The number of carbonyl (C=O) groups is 1. The number of fused-ring (bicyclic) bond motifs is 3. The quantitative estimate of drug-likeness (QED) is 0.621. The normalized spacial score (nSPS) is 22.0. The van der Waals surface area contributed by atoms with Gasteiger partial charge in [-0.2, -0.15) is 13.2 Å². The van der Waals surface area contributed by atoms with E-state index in [0.717, 1.165) is 31.7 Å². The highest BCUT2D eigenvalue weighted by Crippen LogP contribution is 2.38. The van der Waals surface area contributed by atoms with E-state index < -0.39 is 11.9 Å². The Kier molecular flexibility index (Phi) is 5.62. The lowest BCUT2D eigenvalue weighted by molar-refractivity contribution is -0.141. The zero-order valence-electron chi connectivity index (χ0n) is 18.3. The molecule has 2 bridgehead atoms. The Labute approximate surface area is 193 Å². The van der Waals surface area contributed by atoms with Crippen LogP contribution in [0.4, 0.5) is 19.0 Å². The van der Waals surface area contributed by atoms with Crippen molar-refractivity contribution < 1.29 is 18.0 Å². The summed E-state index contributed by atoms with van der Waals surface area (Å²) in [5.74, 6) is 0.751. The van der Waals surface area contributed by atoms with E-state index in [1.165, 1.54) is 0 Å². The summed E-state index contributed by atoms with van der Waals surface area (Å²) in [4.78, 5) is 36.0. The van der Waals surface area contributed by atoms with Gasteiger partial charge in [-0.3, -0.25) is 4.79 Å². The number of aromatic nitrogens is 5. The van der Waals surface area contributed by atoms with Gasteiger partial charge in [0.2, 0.25) is 0 Å². The molecule has 3 fully saturated rings. The molecule has 1 saturated carbocycles. The van der Waals surface area contributed by atoms with Gasteiger partial charge in [-0.1, -0.05) is 0 Å². The lowest BCUT2D eigenvalue weighted by atomic mass is 9.76. The SMILES string of the molecule is Cc1ccc(-c2ncccn2)c(C(=O)N2CC3CCC2C(Nc2cnc(C(F)(F)F)cn2)C3)n1. The highest BCUT2D eigenvalue weighted by atomic mass is 19.4. The Hall–Kier alpha value is -3.63. The summed E-state index contributed by atoms with van der Waals surface area (Å²) < 4.78 is 38.4. The molecule has 3 atom stereocenters. The van der Waals surface area contributed by atoms with Gasteiger partial charge < -0.3 is 10.2 Å². The first-order valence-corrected chi connectivity index (χ1v) is 11.0. The van der Waals surface area contributed by atoms with Crippen LogP contribution in [-0.4, -0.2) is 54.4 Å². The van der Waals surface area contributed by atoms with E-state index in [1.54, 1.807) is 24.5 Å². The molecule has 11 heteroatoms. The highest BCUT2D eigenvalue weighted by molar-refractivity contribution is 5.98. The van der Waals surface area contributed by atoms with Gasteiger partial charge in [0.25, 0.3) is 5.91 Å². The third kappa shape index (κ3) is 4.29. The summed E-state index contributed by atoms with van der Waals surface area (Å²) in [5.41, 5.74) is 0.531. The van der Waals surface area contributed by atoms with Crippen LogP contribution >= 0.6 is 0 Å². The molecule has 3 aromatic heterocycles. The molecule has 6 rings (SSSR count). The molecule has 2 saturated heterocycles. The van der Waals surface area contributed by atoms with Crippen LogP contribution in [0.25, 0.3) is 11.4 Å². The van der Waals surface area contributed by atoms with Gasteiger partial charge in [0, 0.05) is 30.7 Å². The first-order valence-electron chi connectivity index (χ1n) is 11.0. The molecule has 1 N–H and O–H groups in total. The Morgan fingerprint density at radius 2 is 1.88 bits per heavy atom. The smallest absolute Gasteiger partial charge is 0.364 e. The molecular weight excluding hydrogens is 447 g/mol. The van der Waals surface area contributed by atoms with Crippen molar-refractivity contribution in [2.24, 2.45) is 5.92 Å². The number of alkyl halides is 3. The number of carbonyl (C=O) groups excluding carboxylic acids is 1. The summed E-state index contributed by atoms with van der Waals surface area (Å²) in [6, 6.07) is 5.03. The minimum atomic E-state index is -4.54. The Bertz CT molecular complexity index is 1190. The van der Waals surface area contributed by atoms with Crippen LogP contribution in [0.15, 0.2) is 43.0 Å². The summed E-state index contributed by atoms with van der Waals surface area (Å²) in [6.07, 6.45) is 3.06. The second-order valence-electron chi connectivity index (χ2n) is 8.66. The highest BCUT2D eigenvalue weighted by Gasteiger charge is 2.44. The van der Waals surface area contributed by atoms with Gasteiger partial charge >= 0.3 is 6.18 Å². The zero-order valence-corrected chi connectivity index (χ0v) is 18.3. The molecule has 2 aliphatic heterocycles. The third-order valence-corrected chi connectivity index (χ3v) is 6.36. The van der Waals surface area contributed by atoms with Gasteiger partial charge in [0.1, 0.15) is 11.5 Å². The molecule has 1 amide bonds. The average molecular weight is 469 g/mol. The minimum absolute atomic E-state index is 0.145. The number of nitrogens with zero attached hydrogens (tertiary/aromatic N) is 6. The maximum absolute atomic E-state index is 13.7. The zero-order chi connectivity index (χ0) is 23.9. The second kappa shape index (κ2) is 8.62. The van der Waals surface area contributed by atoms with Gasteiger partial charge in [-0.05, 0) is 50.3 Å². The monoisotopic (exact) mass is 469 g/mol. The molecule has 0 spiro atoms. The van der Waals surface area contributed by atoms with E-state index in [4.69, 9.17) is 0 Å². The van der Waals surface area contributed by atoms with E-state index in [0.29, 0.717) is 29.3 Å². The van der Waals surface area contributed by atoms with Gasteiger partial charge in [-0.15, -0.1) is 0 Å². The predicted octanol–water partition coefficient (Wildman–Crippen LogP) is 3.76. The number of nitrogens with one attached hydrogen (secondary N) is 1. The standard InChI is InChI=1S/C23H22F3N7O/c1-13-3-5-15(21-27-7-2-8-28-21)20(31-13)22(34)33-12-14-4-6-17(33)16(9-14)32-19-11-29-18(10-30-19)23(24,25)26/h2-3,5,7-8,10-11,14,16-17H,4,6,9,12H2,1H3,(H,30,32). The molecule has 3 aromatic rings. The lowest BCUT2D eigenvalue weighted by Crippen LogP contribution is -2.60. The van der Waals surface area contributed by atoms with Crippen LogP contribution in [0, 0.1) is 12.8 Å². The van der Waals surface area contributed by atoms with Crippen molar-refractivity contribution in [2.75, 3.05) is 11.9 Å². The van der Waals surface area contributed by atoms with Crippen molar-refractivity contribution in [2.45, 2.75) is 44.4 Å². The number of hydrogen-bond donors (Lipinski definition) is 1. The Morgan fingerprint density at radius 3 is 2.56 bits per heavy atom. The molecule has 8 nitrogen and oxygen atoms in total. The van der Waals surface area contributed by atoms with Crippen molar-refractivity contribution >= 4 is 11.7 Å². The van der Waals surface area contributed by atoms with Crippen molar-refractivity contribution in [3.05, 3.63) is 60.1 Å². The Balaban J connectivity index is 1.40. The van der Waals surface area contributed by atoms with Gasteiger partial charge in [-0.25, -0.2) is 24.9 Å². The van der Waals surface area contributed by atoms with Gasteiger partial charge in [0.15, 0.2) is 11.5 Å². The van der Waals surface area contributed by atoms with E-state index >= 15 is 0 Å². The molecule has 0 aromatic carbocycles. The van der Waals surface area contributed by atoms with Gasteiger partial charge in [0.05, 0.1) is 24.0 Å². The number of aryl methyl sites for hydroxylation is 1.